The molecule has 0 radical (unpaired) electrons. The molecule has 0 fully saturated rings. The molecule has 0 saturated heterocycles. The van der Waals surface area contributed by atoms with Gasteiger partial charge >= 0.3 is 10.4 Å². The highest BCUT2D eigenvalue weighted by Crippen LogP contribution is 2.22. The Bertz CT molecular complexity index is 1440. The summed E-state index contributed by atoms with van der Waals surface area (Å²) < 4.78 is 122. The van der Waals surface area contributed by atoms with Crippen molar-refractivity contribution < 1.29 is 87.5 Å². The Labute approximate surface area is 359 Å². The van der Waals surface area contributed by atoms with E-state index in [4.69, 9.17) is 78.0 Å². The molecule has 0 heterocycles. The molecule has 2 aromatic carbocycles. The number of nitrogen functional groups attached to an aromatic ring is 2. The highest BCUT2D eigenvalue weighted by Gasteiger charge is 2.17. The number of nitrogens with two attached hydrogens (primary N) is 2. The Kier molecular flexibility index (Phi) is 36.0. The van der Waals surface area contributed by atoms with E-state index >= 15 is 0 Å². The van der Waals surface area contributed by atoms with Crippen molar-refractivity contribution in [2.24, 2.45) is 0 Å². The van der Waals surface area contributed by atoms with Crippen LogP contribution in [0.25, 0.3) is 0 Å². The Morgan fingerprint density at radius 1 is 0.344 bits per heavy atom. The van der Waals surface area contributed by atoms with Crippen LogP contribution in [-0.2, 0) is 81.3 Å². The van der Waals surface area contributed by atoms with Crippen molar-refractivity contribution in [1.82, 2.24) is 0 Å². The van der Waals surface area contributed by atoms with Gasteiger partial charge in [-0.15, -0.1) is 0 Å². The summed E-state index contributed by atoms with van der Waals surface area (Å²) in [4.78, 5) is 0.438. The molecule has 0 spiro atoms. The van der Waals surface area contributed by atoms with Crippen LogP contribution >= 0.6 is 0 Å². The number of rotatable bonds is 41. The monoisotopic (exact) mass is 918 g/mol. The summed E-state index contributed by atoms with van der Waals surface area (Å²) in [6, 6.07) is 12.2. The van der Waals surface area contributed by atoms with E-state index in [-0.39, 0.29) is 36.2 Å². The van der Waals surface area contributed by atoms with Crippen molar-refractivity contribution in [1.29, 1.82) is 0 Å². The predicted molar refractivity (Wildman–Crippen MR) is 222 cm³/mol. The van der Waals surface area contributed by atoms with E-state index in [0.717, 1.165) is 0 Å². The van der Waals surface area contributed by atoms with Gasteiger partial charge in [-0.1, -0.05) is 0 Å². The number of hydrogen-bond acceptors (Lipinski definition) is 20. The number of aliphatic hydroxyl groups excluding tert-OH is 1. The van der Waals surface area contributed by atoms with E-state index in [0.29, 0.717) is 157 Å². The molecular formula is C38H66N2O19S2. The first kappa shape index (κ1) is 56.4. The zero-order valence-electron chi connectivity index (χ0n) is 34.8. The van der Waals surface area contributed by atoms with Gasteiger partial charge in [0.25, 0.3) is 0 Å². The van der Waals surface area contributed by atoms with Crippen molar-refractivity contribution in [2.45, 2.75) is 9.79 Å². The van der Waals surface area contributed by atoms with Crippen molar-refractivity contribution in [3.8, 4) is 0 Å². The topological polar surface area (TPSA) is 281 Å². The van der Waals surface area contributed by atoms with Crippen LogP contribution in [0.3, 0.4) is 0 Å². The van der Waals surface area contributed by atoms with Gasteiger partial charge < -0.3 is 73.4 Å². The summed E-state index contributed by atoms with van der Waals surface area (Å²) in [6.07, 6.45) is 0. The second-order valence-corrected chi connectivity index (χ2v) is 15.0. The fourth-order valence-corrected chi connectivity index (χ4v) is 5.75. The van der Waals surface area contributed by atoms with Crippen LogP contribution in [0.2, 0.25) is 0 Å². The molecule has 6 N–H and O–H groups in total. The van der Waals surface area contributed by atoms with Crippen molar-refractivity contribution in [2.75, 3.05) is 183 Å². The lowest BCUT2D eigenvalue weighted by Crippen LogP contribution is -2.15. The van der Waals surface area contributed by atoms with Gasteiger partial charge in [-0.05, 0) is 48.5 Å². The zero-order chi connectivity index (χ0) is 44.5. The predicted octanol–water partition coefficient (Wildman–Crippen LogP) is 0.681. The molecule has 0 amide bonds. The summed E-state index contributed by atoms with van der Waals surface area (Å²) in [6.45, 7) is 10.1. The Balaban J connectivity index is 0.000000896. The van der Waals surface area contributed by atoms with Crippen molar-refractivity contribution >= 4 is 31.6 Å². The highest BCUT2D eigenvalue weighted by atomic mass is 32.3. The van der Waals surface area contributed by atoms with E-state index in [1.54, 1.807) is 24.3 Å². The number of ether oxygens (including phenoxy) is 12. The first-order chi connectivity index (χ1) is 29.6. The smallest absolute Gasteiger partial charge is 0.397 e. The average molecular weight is 919 g/mol. The maximum atomic E-state index is 12.2. The molecule has 0 aliphatic rings. The van der Waals surface area contributed by atoms with E-state index in [1.165, 1.54) is 24.3 Å². The minimum Gasteiger partial charge on any atom is -0.399 e. The fraction of sp³-hybridized carbons (Fsp3) is 0.684. The summed E-state index contributed by atoms with van der Waals surface area (Å²) in [5, 5.41) is 8.57. The molecule has 0 aliphatic heterocycles. The maximum Gasteiger partial charge on any atom is 0.397 e. The molecule has 21 nitrogen and oxygen atoms in total. The largest absolute Gasteiger partial charge is 0.399 e. The number of sulfone groups is 1. The van der Waals surface area contributed by atoms with Gasteiger partial charge in [0.2, 0.25) is 9.84 Å². The van der Waals surface area contributed by atoms with Gasteiger partial charge in [-0.2, -0.15) is 8.42 Å². The molecule has 0 atom stereocenters. The average Bonchev–Trinajstić information content (AvgIpc) is 3.23. The summed E-state index contributed by atoms with van der Waals surface area (Å²) in [5.74, 6) is 0. The van der Waals surface area contributed by atoms with E-state index in [9.17, 15) is 16.8 Å². The van der Waals surface area contributed by atoms with E-state index in [2.05, 4.69) is 4.18 Å². The van der Waals surface area contributed by atoms with Crippen LogP contribution in [-0.4, -0.2) is 198 Å². The van der Waals surface area contributed by atoms with E-state index in [1.807, 2.05) is 0 Å². The second kappa shape index (κ2) is 39.0. The lowest BCUT2D eigenvalue weighted by Gasteiger charge is -2.09. The first-order valence-corrected chi connectivity index (χ1v) is 22.5. The summed E-state index contributed by atoms with van der Waals surface area (Å²) >= 11 is 0. The molecule has 0 aliphatic carbocycles. The van der Waals surface area contributed by atoms with Crippen LogP contribution in [0.5, 0.6) is 0 Å². The lowest BCUT2D eigenvalue weighted by molar-refractivity contribution is -0.0287. The van der Waals surface area contributed by atoms with Gasteiger partial charge in [-0.3, -0.25) is 4.55 Å². The summed E-state index contributed by atoms with van der Waals surface area (Å²) in [7, 11) is -7.91. The third kappa shape index (κ3) is 35.5. The van der Waals surface area contributed by atoms with Crippen molar-refractivity contribution in [3.63, 3.8) is 0 Å². The van der Waals surface area contributed by atoms with Gasteiger partial charge in [0.1, 0.15) is 0 Å². The molecule has 0 aromatic heterocycles. The third-order valence-corrected chi connectivity index (χ3v) is 9.42. The molecule has 0 bridgehead atoms. The highest BCUT2D eigenvalue weighted by molar-refractivity contribution is 7.91. The molecule has 2 rings (SSSR count). The Morgan fingerprint density at radius 2 is 0.541 bits per heavy atom. The number of benzene rings is 2. The normalized spacial score (nSPS) is 11.8. The SMILES string of the molecule is Nc1ccc(S(=O)(=O)c2ccc(N)cc2)cc1.O=S(=O)(O)OCCOCCOCCOCCOCCOCCOCCOCCOCCOCCOCCOCCOCCO. The van der Waals surface area contributed by atoms with Gasteiger partial charge in [0.15, 0.2) is 0 Å². The van der Waals surface area contributed by atoms with Crippen LogP contribution < -0.4 is 11.5 Å². The van der Waals surface area contributed by atoms with Crippen LogP contribution in [0, 0.1) is 0 Å². The summed E-state index contributed by atoms with van der Waals surface area (Å²) in [5.41, 5.74) is 12.1. The van der Waals surface area contributed by atoms with Crippen LogP contribution in [0.1, 0.15) is 0 Å². The molecular weight excluding hydrogens is 853 g/mol. The molecule has 61 heavy (non-hydrogen) atoms. The van der Waals surface area contributed by atoms with E-state index < -0.39 is 20.2 Å². The number of hydrogen-bond donors (Lipinski definition) is 4. The third-order valence-electron chi connectivity index (χ3n) is 7.17. The quantitative estimate of drug-likeness (QED) is 0.0405. The molecule has 23 heteroatoms. The molecule has 354 valence electrons. The van der Waals surface area contributed by atoms with Gasteiger partial charge in [-0.25, -0.2) is 12.6 Å². The number of anilines is 2. The van der Waals surface area contributed by atoms with Gasteiger partial charge in [0, 0.05) is 11.4 Å². The minimum absolute atomic E-state index is 0.0171. The molecule has 0 saturated carbocycles. The zero-order valence-corrected chi connectivity index (χ0v) is 36.4. The van der Waals surface area contributed by atoms with Crippen LogP contribution in [0.15, 0.2) is 58.3 Å². The molecule has 0 unspecified atom stereocenters. The Morgan fingerprint density at radius 3 is 0.738 bits per heavy atom. The first-order valence-electron chi connectivity index (χ1n) is 19.7. The van der Waals surface area contributed by atoms with Crippen molar-refractivity contribution in [3.05, 3.63) is 48.5 Å². The van der Waals surface area contributed by atoms with Crippen LogP contribution in [0.4, 0.5) is 11.4 Å². The molecule has 2 aromatic rings. The Hall–Kier alpha value is -2.66. The fourth-order valence-electron chi connectivity index (χ4n) is 4.21. The maximum absolute atomic E-state index is 12.2. The van der Waals surface area contributed by atoms with Gasteiger partial charge in [0.05, 0.1) is 182 Å². The lowest BCUT2D eigenvalue weighted by atomic mass is 10.3. The number of aliphatic hydroxyl groups is 1. The standard InChI is InChI=1S/C26H54O17S.C12H12N2O2S/c27-1-2-31-3-4-32-5-6-33-7-8-34-9-10-35-11-12-36-13-14-37-15-16-38-17-18-39-19-20-40-21-22-41-23-24-42-25-26-43-44(28,29)30;13-9-1-5-11(6-2-9)17(15,16)12-7-3-10(14)4-8-12/h27H,1-26H2,(H,28,29,30);1-8H,13-14H2. The second-order valence-electron chi connectivity index (χ2n) is 12.0. The minimum atomic E-state index is -4.42.